The van der Waals surface area contributed by atoms with Crippen molar-refractivity contribution < 1.29 is 4.74 Å². The van der Waals surface area contributed by atoms with Crippen LogP contribution in [0.1, 0.15) is 0 Å². The first-order chi connectivity index (χ1) is 5.36. The second-order valence-corrected chi connectivity index (χ2v) is 1.94. The summed E-state index contributed by atoms with van der Waals surface area (Å²) < 4.78 is 4.92. The maximum absolute atomic E-state index is 9.77. The predicted molar refractivity (Wildman–Crippen MR) is 49.7 cm³/mol. The van der Waals surface area contributed by atoms with Gasteiger partial charge in [-0.1, -0.05) is 6.07 Å². The van der Waals surface area contributed by atoms with Crippen molar-refractivity contribution in [1.29, 1.82) is 0 Å². The normalized spacial score (nSPS) is 8.08. The lowest BCUT2D eigenvalue weighted by Crippen LogP contribution is -1.87. The lowest BCUT2D eigenvalue weighted by molar-refractivity contribution is 0.415. The van der Waals surface area contributed by atoms with Crippen molar-refractivity contribution in [2.75, 3.05) is 12.5 Å². The van der Waals surface area contributed by atoms with Crippen molar-refractivity contribution in [3.63, 3.8) is 0 Å². The van der Waals surface area contributed by atoms with Crippen LogP contribution in [0.15, 0.2) is 29.6 Å². The summed E-state index contributed by atoms with van der Waals surface area (Å²) >= 11 is 0. The van der Waals surface area contributed by atoms with Crippen molar-refractivity contribution >= 4 is 18.1 Å². The van der Waals surface area contributed by atoms with Gasteiger partial charge in [-0.05, 0) is 12.1 Å². The summed E-state index contributed by atoms with van der Waals surface area (Å²) in [5.41, 5.74) is 2.90. The average Bonchev–Trinajstić information content (AvgIpc) is 2.06. The molecule has 1 rings (SSSR count). The van der Waals surface area contributed by atoms with Gasteiger partial charge in [-0.2, -0.15) is 0 Å². The first-order valence-electron chi connectivity index (χ1n) is 3.09. The molecule has 5 heteroatoms. The Kier molecular flexibility index (Phi) is 4.79. The van der Waals surface area contributed by atoms with E-state index in [1.807, 2.05) is 0 Å². The number of benzene rings is 1. The Labute approximate surface area is 76.3 Å². The van der Waals surface area contributed by atoms with Crippen LogP contribution in [0, 0.1) is 4.91 Å². The SMILES string of the molecule is COc1cccc(NN=O)c1.Cl. The molecule has 0 saturated heterocycles. The molecule has 0 aliphatic carbocycles. The van der Waals surface area contributed by atoms with Crippen molar-refractivity contribution in [3.05, 3.63) is 29.2 Å². The molecule has 1 N–H and O–H groups in total. The third-order valence-corrected chi connectivity index (χ3v) is 1.24. The Balaban J connectivity index is 0.00000121. The summed E-state index contributed by atoms with van der Waals surface area (Å²) in [4.78, 5) is 9.77. The highest BCUT2D eigenvalue weighted by Gasteiger charge is 1.92. The van der Waals surface area contributed by atoms with Crippen molar-refractivity contribution in [2.45, 2.75) is 0 Å². The third kappa shape index (κ3) is 2.75. The molecule has 0 saturated carbocycles. The van der Waals surface area contributed by atoms with E-state index in [0.717, 1.165) is 0 Å². The molecular weight excluding hydrogens is 180 g/mol. The van der Waals surface area contributed by atoms with E-state index in [0.29, 0.717) is 11.4 Å². The van der Waals surface area contributed by atoms with E-state index < -0.39 is 0 Å². The molecule has 0 aliphatic heterocycles. The molecule has 0 unspecified atom stereocenters. The molecule has 12 heavy (non-hydrogen) atoms. The van der Waals surface area contributed by atoms with Gasteiger partial charge in [-0.3, -0.25) is 0 Å². The number of nitroso groups, excluding NO2 is 1. The largest absolute Gasteiger partial charge is 0.497 e. The fraction of sp³-hybridized carbons (Fsp3) is 0.143. The quantitative estimate of drug-likeness (QED) is 0.585. The van der Waals surface area contributed by atoms with Gasteiger partial charge in [0, 0.05) is 6.07 Å². The van der Waals surface area contributed by atoms with Crippen molar-refractivity contribution in [1.82, 2.24) is 0 Å². The lowest BCUT2D eigenvalue weighted by Gasteiger charge is -2.00. The summed E-state index contributed by atoms with van der Waals surface area (Å²) in [5.74, 6) is 0.693. The van der Waals surface area contributed by atoms with Gasteiger partial charge in [-0.15, -0.1) is 17.3 Å². The molecule has 0 aromatic heterocycles. The number of hydrogen-bond acceptors (Lipinski definition) is 3. The molecular formula is C7H9ClN2O2. The summed E-state index contributed by atoms with van der Waals surface area (Å²) in [5, 5.41) is 2.53. The average molecular weight is 189 g/mol. The highest BCUT2D eigenvalue weighted by atomic mass is 35.5. The first-order valence-corrected chi connectivity index (χ1v) is 3.09. The van der Waals surface area contributed by atoms with Crippen molar-refractivity contribution in [2.24, 2.45) is 5.29 Å². The molecule has 1 aromatic rings. The first kappa shape index (κ1) is 10.7. The second-order valence-electron chi connectivity index (χ2n) is 1.94. The molecule has 0 bridgehead atoms. The van der Waals surface area contributed by atoms with Crippen LogP contribution in [0.3, 0.4) is 0 Å². The molecule has 0 aliphatic rings. The number of rotatable bonds is 3. The van der Waals surface area contributed by atoms with Gasteiger partial charge in [0.05, 0.1) is 18.1 Å². The van der Waals surface area contributed by atoms with E-state index in [1.54, 1.807) is 31.4 Å². The minimum Gasteiger partial charge on any atom is -0.497 e. The van der Waals surface area contributed by atoms with Crippen LogP contribution in [-0.2, 0) is 0 Å². The number of anilines is 1. The van der Waals surface area contributed by atoms with E-state index in [-0.39, 0.29) is 12.4 Å². The zero-order valence-corrected chi connectivity index (χ0v) is 7.30. The standard InChI is InChI=1S/C7H8N2O2.ClH/c1-11-7-4-2-3-6(5-7)8-9-10;/h2-5H,1H3,(H,8,10);1H. The van der Waals surface area contributed by atoms with E-state index in [4.69, 9.17) is 4.74 Å². The van der Waals surface area contributed by atoms with Gasteiger partial charge >= 0.3 is 0 Å². The van der Waals surface area contributed by atoms with Crippen LogP contribution in [0.5, 0.6) is 5.75 Å². The van der Waals surface area contributed by atoms with Crippen LogP contribution >= 0.6 is 12.4 Å². The lowest BCUT2D eigenvalue weighted by atomic mass is 10.3. The van der Waals surface area contributed by atoms with Crippen LogP contribution in [0.25, 0.3) is 0 Å². The zero-order valence-electron chi connectivity index (χ0n) is 6.48. The second kappa shape index (κ2) is 5.37. The highest BCUT2D eigenvalue weighted by molar-refractivity contribution is 5.85. The number of nitrogens with one attached hydrogen (secondary N) is 1. The Bertz CT molecular complexity index is 255. The molecule has 0 fully saturated rings. The van der Waals surface area contributed by atoms with Gasteiger partial charge < -0.3 is 4.74 Å². The van der Waals surface area contributed by atoms with E-state index >= 15 is 0 Å². The summed E-state index contributed by atoms with van der Waals surface area (Å²) in [6.07, 6.45) is 0. The van der Waals surface area contributed by atoms with E-state index in [2.05, 4.69) is 10.7 Å². The summed E-state index contributed by atoms with van der Waals surface area (Å²) in [7, 11) is 1.56. The summed E-state index contributed by atoms with van der Waals surface area (Å²) in [6, 6.07) is 6.97. The zero-order chi connectivity index (χ0) is 8.10. The van der Waals surface area contributed by atoms with Crippen LogP contribution in [0.2, 0.25) is 0 Å². The number of ether oxygens (including phenoxy) is 1. The molecule has 4 nitrogen and oxygen atoms in total. The molecule has 0 heterocycles. The number of nitrogens with zero attached hydrogens (tertiary/aromatic N) is 1. The highest BCUT2D eigenvalue weighted by Crippen LogP contribution is 2.16. The van der Waals surface area contributed by atoms with Gasteiger partial charge in [0.1, 0.15) is 5.75 Å². The number of halogens is 1. The maximum Gasteiger partial charge on any atom is 0.120 e. The van der Waals surface area contributed by atoms with Crippen LogP contribution < -0.4 is 10.2 Å². The van der Waals surface area contributed by atoms with Crippen molar-refractivity contribution in [3.8, 4) is 5.75 Å². The summed E-state index contributed by atoms with van der Waals surface area (Å²) in [6.45, 7) is 0. The van der Waals surface area contributed by atoms with Gasteiger partial charge in [0.15, 0.2) is 0 Å². The predicted octanol–water partition coefficient (Wildman–Crippen LogP) is 2.21. The Morgan fingerprint density at radius 3 is 2.83 bits per heavy atom. The van der Waals surface area contributed by atoms with Gasteiger partial charge in [-0.25, -0.2) is 5.43 Å². The fourth-order valence-electron chi connectivity index (χ4n) is 0.745. The number of hydrogen-bond donors (Lipinski definition) is 1. The van der Waals surface area contributed by atoms with Gasteiger partial charge in [0.2, 0.25) is 0 Å². The van der Waals surface area contributed by atoms with E-state index in [1.165, 1.54) is 0 Å². The smallest absolute Gasteiger partial charge is 0.120 e. The minimum absolute atomic E-state index is 0. The molecule has 1 aromatic carbocycles. The molecule has 66 valence electrons. The molecule has 0 amide bonds. The van der Waals surface area contributed by atoms with E-state index in [9.17, 15) is 4.91 Å². The monoisotopic (exact) mass is 188 g/mol. The molecule has 0 radical (unpaired) electrons. The Hall–Kier alpha value is -1.29. The fourth-order valence-corrected chi connectivity index (χ4v) is 0.745. The Morgan fingerprint density at radius 1 is 1.50 bits per heavy atom. The van der Waals surface area contributed by atoms with Gasteiger partial charge in [0.25, 0.3) is 0 Å². The number of methoxy groups -OCH3 is 1. The third-order valence-electron chi connectivity index (χ3n) is 1.24. The Morgan fingerprint density at radius 2 is 2.25 bits per heavy atom. The molecule has 0 atom stereocenters. The van der Waals surface area contributed by atoms with Crippen LogP contribution in [0.4, 0.5) is 5.69 Å². The minimum atomic E-state index is 0. The van der Waals surface area contributed by atoms with Crippen LogP contribution in [-0.4, -0.2) is 7.11 Å². The molecule has 0 spiro atoms. The topological polar surface area (TPSA) is 50.7 Å². The maximum atomic E-state index is 9.77.